The van der Waals surface area contributed by atoms with Crippen LogP contribution in [0.2, 0.25) is 0 Å². The molecule has 3 aromatic rings. The summed E-state index contributed by atoms with van der Waals surface area (Å²) >= 11 is 0. The van der Waals surface area contributed by atoms with Crippen molar-refractivity contribution in [1.82, 2.24) is 29.7 Å². The third kappa shape index (κ3) is 4.25. The number of nitrogens with one attached hydrogen (secondary N) is 2. The number of carbonyl (C=O) groups is 1. The van der Waals surface area contributed by atoms with E-state index in [-0.39, 0.29) is 11.4 Å². The molecule has 3 aliphatic rings. The lowest BCUT2D eigenvalue weighted by molar-refractivity contribution is 0.0833. The molecule has 1 spiro atoms. The molecule has 2 N–H and O–H groups in total. The highest BCUT2D eigenvalue weighted by Crippen LogP contribution is 2.40. The molecule has 0 radical (unpaired) electrons. The molecule has 0 unspecified atom stereocenters. The van der Waals surface area contributed by atoms with Gasteiger partial charge in [0.1, 0.15) is 17.2 Å². The smallest absolute Gasteiger partial charge is 0.268 e. The second-order valence-electron chi connectivity index (χ2n) is 10.9. The van der Waals surface area contributed by atoms with Crippen LogP contribution in [-0.2, 0) is 5.54 Å². The van der Waals surface area contributed by atoms with Gasteiger partial charge < -0.3 is 20.1 Å². The van der Waals surface area contributed by atoms with E-state index in [1.807, 2.05) is 24.4 Å². The number of carbonyl (C=O) groups excluding carboxylic acids is 1. The second-order valence-corrected chi connectivity index (χ2v) is 10.9. The summed E-state index contributed by atoms with van der Waals surface area (Å²) in [5.41, 5.74) is 2.51. The van der Waals surface area contributed by atoms with E-state index in [1.165, 1.54) is 19.3 Å². The Balaban J connectivity index is 1.23. The van der Waals surface area contributed by atoms with E-state index < -0.39 is 0 Å². The van der Waals surface area contributed by atoms with Crippen molar-refractivity contribution in [3.8, 4) is 0 Å². The van der Waals surface area contributed by atoms with Crippen LogP contribution in [0.25, 0.3) is 11.0 Å². The zero-order valence-electron chi connectivity index (χ0n) is 21.8. The fourth-order valence-corrected chi connectivity index (χ4v) is 6.39. The van der Waals surface area contributed by atoms with Crippen LogP contribution in [0.3, 0.4) is 0 Å². The molecule has 1 amide bonds. The van der Waals surface area contributed by atoms with Gasteiger partial charge in [-0.05, 0) is 44.9 Å². The van der Waals surface area contributed by atoms with E-state index in [4.69, 9.17) is 4.98 Å². The Morgan fingerprint density at radius 2 is 2.00 bits per heavy atom. The van der Waals surface area contributed by atoms with Crippen molar-refractivity contribution >= 4 is 34.4 Å². The summed E-state index contributed by atoms with van der Waals surface area (Å²) in [5, 5.41) is 7.28. The van der Waals surface area contributed by atoms with Gasteiger partial charge in [0.25, 0.3) is 5.91 Å². The molecule has 9 heteroatoms. The molecule has 2 aliphatic heterocycles. The van der Waals surface area contributed by atoms with Crippen molar-refractivity contribution in [2.24, 2.45) is 0 Å². The molecule has 1 saturated carbocycles. The maximum atomic E-state index is 12.7. The monoisotopic (exact) mass is 500 g/mol. The normalized spacial score (nSPS) is 21.8. The van der Waals surface area contributed by atoms with Crippen molar-refractivity contribution < 1.29 is 4.79 Å². The zero-order chi connectivity index (χ0) is 25.6. The summed E-state index contributed by atoms with van der Waals surface area (Å²) in [6.07, 6.45) is 11.4. The minimum absolute atomic E-state index is 0.0334. The minimum Gasteiger partial charge on any atom is -0.367 e. The van der Waals surface area contributed by atoms with Gasteiger partial charge in [0.2, 0.25) is 5.95 Å². The Labute approximate surface area is 218 Å². The predicted octanol–water partition coefficient (Wildman–Crippen LogP) is 4.06. The highest BCUT2D eigenvalue weighted by atomic mass is 16.2. The second kappa shape index (κ2) is 9.45. The number of anilines is 3. The summed E-state index contributed by atoms with van der Waals surface area (Å²) in [5.74, 6) is 1.15. The molecular weight excluding hydrogens is 464 g/mol. The first-order chi connectivity index (χ1) is 18.0. The van der Waals surface area contributed by atoms with Gasteiger partial charge in [0.15, 0.2) is 0 Å². The number of rotatable bonds is 5. The largest absolute Gasteiger partial charge is 0.367 e. The van der Waals surface area contributed by atoms with Crippen LogP contribution in [0.4, 0.5) is 17.5 Å². The van der Waals surface area contributed by atoms with Crippen LogP contribution in [0.5, 0.6) is 0 Å². The molecule has 3 aromatic heterocycles. The van der Waals surface area contributed by atoms with Gasteiger partial charge in [0, 0.05) is 49.8 Å². The van der Waals surface area contributed by atoms with E-state index in [1.54, 1.807) is 6.20 Å². The summed E-state index contributed by atoms with van der Waals surface area (Å²) in [4.78, 5) is 31.6. The fourth-order valence-electron chi connectivity index (χ4n) is 6.39. The molecule has 37 heavy (non-hydrogen) atoms. The molecule has 0 aromatic carbocycles. The predicted molar refractivity (Wildman–Crippen MR) is 146 cm³/mol. The molecule has 1 aliphatic carbocycles. The SMILES string of the molecule is C=C[C@@H]1CN(c2ccc(Nc3ncc4cc5n(c4n3)C3(CCCCC3)CNC5=O)nc2)CCN1C(C)C. The molecule has 194 valence electrons. The minimum atomic E-state index is -0.0995. The number of hydrogen-bond acceptors (Lipinski definition) is 7. The van der Waals surface area contributed by atoms with Gasteiger partial charge in [-0.1, -0.05) is 25.3 Å². The van der Waals surface area contributed by atoms with Crippen molar-refractivity contribution in [3.05, 3.63) is 48.9 Å². The first-order valence-electron chi connectivity index (χ1n) is 13.5. The number of hydrogen-bond donors (Lipinski definition) is 2. The highest BCUT2D eigenvalue weighted by Gasteiger charge is 2.41. The number of nitrogens with zero attached hydrogens (tertiary/aromatic N) is 6. The van der Waals surface area contributed by atoms with Gasteiger partial charge in [0.05, 0.1) is 17.4 Å². The summed E-state index contributed by atoms with van der Waals surface area (Å²) in [6.45, 7) is 12.1. The Kier molecular flexibility index (Phi) is 6.10. The standard InChI is InChI=1S/C28H36N8O/c1-4-21-17-34(12-13-35(21)19(2)3)22-8-9-24(29-16-22)32-27-30-15-20-14-23-26(37)31-18-28(10-6-5-7-11-28)36(23)25(20)33-27/h4,8-9,14-16,19,21H,1,5-7,10-13,17-18H2,2-3H3,(H,31,37)(H,29,30,32,33)/t21-/m1/s1. The first kappa shape index (κ1) is 23.9. The van der Waals surface area contributed by atoms with Crippen LogP contribution in [0.1, 0.15) is 56.4 Å². The van der Waals surface area contributed by atoms with Crippen LogP contribution < -0.4 is 15.5 Å². The molecule has 5 heterocycles. The number of fused-ring (bicyclic) bond motifs is 4. The van der Waals surface area contributed by atoms with E-state index in [2.05, 4.69) is 61.5 Å². The van der Waals surface area contributed by atoms with Gasteiger partial charge in [-0.15, -0.1) is 6.58 Å². The lowest BCUT2D eigenvalue weighted by Gasteiger charge is -2.43. The number of aromatic nitrogens is 4. The summed E-state index contributed by atoms with van der Waals surface area (Å²) < 4.78 is 2.19. The zero-order valence-corrected chi connectivity index (χ0v) is 21.8. The lowest BCUT2D eigenvalue weighted by Crippen LogP contribution is -2.54. The van der Waals surface area contributed by atoms with E-state index in [0.29, 0.717) is 36.1 Å². The van der Waals surface area contributed by atoms with Gasteiger partial charge in [-0.2, -0.15) is 4.98 Å². The molecule has 9 nitrogen and oxygen atoms in total. The summed E-state index contributed by atoms with van der Waals surface area (Å²) in [6, 6.07) is 6.83. The topological polar surface area (TPSA) is 91.2 Å². The van der Waals surface area contributed by atoms with Crippen LogP contribution in [-0.4, -0.2) is 68.6 Å². The summed E-state index contributed by atoms with van der Waals surface area (Å²) in [7, 11) is 0. The van der Waals surface area contributed by atoms with Crippen LogP contribution in [0.15, 0.2) is 43.2 Å². The van der Waals surface area contributed by atoms with E-state index in [0.717, 1.165) is 49.2 Å². The molecule has 6 rings (SSSR count). The molecule has 1 saturated heterocycles. The van der Waals surface area contributed by atoms with E-state index >= 15 is 0 Å². The van der Waals surface area contributed by atoms with Gasteiger partial charge >= 0.3 is 0 Å². The Bertz CT molecular complexity index is 1310. The van der Waals surface area contributed by atoms with Crippen molar-refractivity contribution in [2.45, 2.75) is 63.6 Å². The average Bonchev–Trinajstić information content (AvgIpc) is 3.32. The molecule has 2 fully saturated rings. The Morgan fingerprint density at radius 1 is 1.16 bits per heavy atom. The maximum Gasteiger partial charge on any atom is 0.268 e. The van der Waals surface area contributed by atoms with E-state index in [9.17, 15) is 4.79 Å². The third-order valence-electron chi connectivity index (χ3n) is 8.36. The van der Waals surface area contributed by atoms with Crippen LogP contribution >= 0.6 is 0 Å². The van der Waals surface area contributed by atoms with Crippen molar-refractivity contribution in [2.75, 3.05) is 36.4 Å². The Morgan fingerprint density at radius 3 is 2.73 bits per heavy atom. The highest BCUT2D eigenvalue weighted by molar-refractivity contribution is 5.99. The van der Waals surface area contributed by atoms with Crippen LogP contribution in [0, 0.1) is 0 Å². The lowest BCUT2D eigenvalue weighted by atomic mass is 9.80. The number of piperazine rings is 1. The fraction of sp³-hybridized carbons (Fsp3) is 0.500. The van der Waals surface area contributed by atoms with Crippen molar-refractivity contribution in [3.63, 3.8) is 0 Å². The first-order valence-corrected chi connectivity index (χ1v) is 13.5. The molecule has 1 atom stereocenters. The van der Waals surface area contributed by atoms with Gasteiger partial charge in [-0.3, -0.25) is 9.69 Å². The van der Waals surface area contributed by atoms with Crippen molar-refractivity contribution in [1.29, 1.82) is 0 Å². The Hall–Kier alpha value is -3.46. The third-order valence-corrected chi connectivity index (χ3v) is 8.36. The number of amides is 1. The van der Waals surface area contributed by atoms with Gasteiger partial charge in [-0.25, -0.2) is 9.97 Å². The molecular formula is C28H36N8O. The maximum absolute atomic E-state index is 12.7. The quantitative estimate of drug-likeness (QED) is 0.511. The number of pyridine rings is 1. The molecule has 0 bridgehead atoms. The average molecular weight is 501 g/mol.